The maximum absolute atomic E-state index is 11.1. The maximum Gasteiger partial charge on any atom is 0.309 e. The Morgan fingerprint density at radius 3 is 2.18 bits per heavy atom. The van der Waals surface area contributed by atoms with Crippen LogP contribution < -0.4 is 0 Å². The molecule has 1 unspecified atom stereocenters. The zero-order valence-corrected chi connectivity index (χ0v) is 11.7. The van der Waals surface area contributed by atoms with E-state index < -0.39 is 11.4 Å². The Morgan fingerprint density at radius 2 is 1.76 bits per heavy atom. The van der Waals surface area contributed by atoms with Crippen molar-refractivity contribution in [2.24, 2.45) is 11.3 Å². The molecule has 1 saturated heterocycles. The Morgan fingerprint density at radius 1 is 1.24 bits per heavy atom. The van der Waals surface area contributed by atoms with Gasteiger partial charge in [-0.2, -0.15) is 0 Å². The van der Waals surface area contributed by atoms with Crippen molar-refractivity contribution in [3.63, 3.8) is 0 Å². The normalized spacial score (nSPS) is 22.6. The Balaban J connectivity index is 2.38. The fourth-order valence-corrected chi connectivity index (χ4v) is 2.43. The average Bonchev–Trinajstić information content (AvgIpc) is 2.26. The lowest BCUT2D eigenvalue weighted by Gasteiger charge is -2.39. The van der Waals surface area contributed by atoms with Crippen LogP contribution in [0.25, 0.3) is 0 Å². The van der Waals surface area contributed by atoms with E-state index in [2.05, 4.69) is 25.7 Å². The number of hydrogen-bond donors (Lipinski definition) is 1. The second-order valence-electron chi connectivity index (χ2n) is 6.22. The van der Waals surface area contributed by atoms with Crippen LogP contribution in [0.15, 0.2) is 0 Å². The highest BCUT2D eigenvalue weighted by Crippen LogP contribution is 2.32. The van der Waals surface area contributed by atoms with Gasteiger partial charge in [0.15, 0.2) is 0 Å². The SMILES string of the molecule is CC(C)CCC(C)N1CCC(C)(C(=O)O)CC1. The van der Waals surface area contributed by atoms with Crippen molar-refractivity contribution < 1.29 is 9.90 Å². The van der Waals surface area contributed by atoms with Crippen molar-refractivity contribution >= 4 is 5.97 Å². The van der Waals surface area contributed by atoms with Crippen molar-refractivity contribution in [1.82, 2.24) is 4.90 Å². The number of rotatable bonds is 5. The van der Waals surface area contributed by atoms with Gasteiger partial charge >= 0.3 is 5.97 Å². The number of piperidine rings is 1. The van der Waals surface area contributed by atoms with Crippen LogP contribution in [0.1, 0.15) is 53.4 Å². The molecule has 100 valence electrons. The van der Waals surface area contributed by atoms with Crippen molar-refractivity contribution in [3.8, 4) is 0 Å². The van der Waals surface area contributed by atoms with E-state index in [1.807, 2.05) is 6.92 Å². The zero-order chi connectivity index (χ0) is 13.1. The van der Waals surface area contributed by atoms with Gasteiger partial charge in [-0.3, -0.25) is 4.79 Å². The van der Waals surface area contributed by atoms with E-state index in [4.69, 9.17) is 0 Å². The summed E-state index contributed by atoms with van der Waals surface area (Å²) < 4.78 is 0. The Hall–Kier alpha value is -0.570. The summed E-state index contributed by atoms with van der Waals surface area (Å²) in [6.07, 6.45) is 4.05. The van der Waals surface area contributed by atoms with Crippen LogP contribution in [0.5, 0.6) is 0 Å². The van der Waals surface area contributed by atoms with Gasteiger partial charge in [0.2, 0.25) is 0 Å². The van der Waals surface area contributed by atoms with Crippen LogP contribution >= 0.6 is 0 Å². The number of likely N-dealkylation sites (tertiary alicyclic amines) is 1. The molecule has 0 saturated carbocycles. The summed E-state index contributed by atoms with van der Waals surface area (Å²) in [4.78, 5) is 13.6. The molecular formula is C14H27NO2. The molecule has 1 rings (SSSR count). The Kier molecular flexibility index (Phi) is 4.99. The van der Waals surface area contributed by atoms with Gasteiger partial charge in [0, 0.05) is 6.04 Å². The van der Waals surface area contributed by atoms with Crippen LogP contribution in [-0.4, -0.2) is 35.1 Å². The molecule has 3 nitrogen and oxygen atoms in total. The molecule has 0 aliphatic carbocycles. The third-order valence-electron chi connectivity index (χ3n) is 4.20. The molecule has 0 aromatic rings. The molecule has 1 N–H and O–H groups in total. The minimum atomic E-state index is -0.632. The first kappa shape index (κ1) is 14.5. The Labute approximate surface area is 105 Å². The van der Waals surface area contributed by atoms with Gasteiger partial charge in [0.1, 0.15) is 0 Å². The van der Waals surface area contributed by atoms with Gasteiger partial charge in [-0.15, -0.1) is 0 Å². The van der Waals surface area contributed by atoms with E-state index in [0.717, 1.165) is 31.8 Å². The minimum Gasteiger partial charge on any atom is -0.481 e. The summed E-state index contributed by atoms with van der Waals surface area (Å²) in [5, 5.41) is 9.18. The fourth-order valence-electron chi connectivity index (χ4n) is 2.43. The van der Waals surface area contributed by atoms with Gasteiger partial charge in [0.25, 0.3) is 0 Å². The number of carbonyl (C=O) groups is 1. The number of carboxylic acid groups (broad SMARTS) is 1. The van der Waals surface area contributed by atoms with Gasteiger partial charge in [-0.05, 0) is 58.5 Å². The first-order valence-electron chi connectivity index (χ1n) is 6.82. The van der Waals surface area contributed by atoms with E-state index in [0.29, 0.717) is 6.04 Å². The number of nitrogens with zero attached hydrogens (tertiary/aromatic N) is 1. The van der Waals surface area contributed by atoms with Crippen LogP contribution in [0.2, 0.25) is 0 Å². The molecule has 1 heterocycles. The number of carboxylic acids is 1. The smallest absolute Gasteiger partial charge is 0.309 e. The molecule has 0 aromatic carbocycles. The van der Waals surface area contributed by atoms with Crippen LogP contribution in [0.3, 0.4) is 0 Å². The predicted molar refractivity (Wildman–Crippen MR) is 70.1 cm³/mol. The first-order valence-corrected chi connectivity index (χ1v) is 6.82. The van der Waals surface area contributed by atoms with Crippen LogP contribution in [0.4, 0.5) is 0 Å². The number of hydrogen-bond acceptors (Lipinski definition) is 2. The largest absolute Gasteiger partial charge is 0.481 e. The lowest BCUT2D eigenvalue weighted by atomic mass is 9.80. The van der Waals surface area contributed by atoms with Gasteiger partial charge in [0.05, 0.1) is 5.41 Å². The molecule has 17 heavy (non-hydrogen) atoms. The summed E-state index contributed by atoms with van der Waals surface area (Å²) in [7, 11) is 0. The molecule has 0 spiro atoms. The van der Waals surface area contributed by atoms with E-state index in [-0.39, 0.29) is 0 Å². The molecule has 1 fully saturated rings. The van der Waals surface area contributed by atoms with Crippen molar-refractivity contribution in [3.05, 3.63) is 0 Å². The highest BCUT2D eigenvalue weighted by molar-refractivity contribution is 5.74. The van der Waals surface area contributed by atoms with Crippen molar-refractivity contribution in [2.75, 3.05) is 13.1 Å². The third kappa shape index (κ3) is 3.98. The molecule has 1 aliphatic rings. The minimum absolute atomic E-state index is 0.492. The Bertz CT molecular complexity index is 255. The molecule has 0 bridgehead atoms. The van der Waals surface area contributed by atoms with Crippen LogP contribution in [-0.2, 0) is 4.79 Å². The molecule has 1 atom stereocenters. The summed E-state index contributed by atoms with van der Waals surface area (Å²) in [6.45, 7) is 10.5. The molecule has 3 heteroatoms. The highest BCUT2D eigenvalue weighted by Gasteiger charge is 2.37. The third-order valence-corrected chi connectivity index (χ3v) is 4.20. The lowest BCUT2D eigenvalue weighted by molar-refractivity contribution is -0.151. The van der Waals surface area contributed by atoms with E-state index in [9.17, 15) is 9.90 Å². The standard InChI is InChI=1S/C14H27NO2/c1-11(2)5-6-12(3)15-9-7-14(4,8-10-15)13(16)17/h11-12H,5-10H2,1-4H3,(H,16,17). The molecule has 0 radical (unpaired) electrons. The zero-order valence-electron chi connectivity index (χ0n) is 11.7. The number of aliphatic carboxylic acids is 1. The summed E-state index contributed by atoms with van der Waals surface area (Å²) in [5.74, 6) is 0.124. The maximum atomic E-state index is 11.1. The van der Waals surface area contributed by atoms with E-state index in [1.54, 1.807) is 0 Å². The molecule has 0 aromatic heterocycles. The molecule has 1 aliphatic heterocycles. The van der Waals surface area contributed by atoms with Gasteiger partial charge in [-0.25, -0.2) is 0 Å². The quantitative estimate of drug-likeness (QED) is 0.804. The lowest BCUT2D eigenvalue weighted by Crippen LogP contribution is -2.46. The second kappa shape index (κ2) is 5.85. The van der Waals surface area contributed by atoms with E-state index in [1.165, 1.54) is 12.8 Å². The predicted octanol–water partition coefficient (Wildman–Crippen LogP) is 3.00. The topological polar surface area (TPSA) is 40.5 Å². The average molecular weight is 241 g/mol. The second-order valence-corrected chi connectivity index (χ2v) is 6.22. The summed E-state index contributed by atoms with van der Waals surface area (Å²) >= 11 is 0. The fraction of sp³-hybridized carbons (Fsp3) is 0.929. The van der Waals surface area contributed by atoms with Crippen LogP contribution in [0, 0.1) is 11.3 Å². The highest BCUT2D eigenvalue weighted by atomic mass is 16.4. The summed E-state index contributed by atoms with van der Waals surface area (Å²) in [5.41, 5.74) is -0.492. The van der Waals surface area contributed by atoms with E-state index >= 15 is 0 Å². The first-order chi connectivity index (χ1) is 7.85. The van der Waals surface area contributed by atoms with Crippen molar-refractivity contribution in [1.29, 1.82) is 0 Å². The van der Waals surface area contributed by atoms with Gasteiger partial charge in [-0.1, -0.05) is 13.8 Å². The molecule has 0 amide bonds. The monoisotopic (exact) mass is 241 g/mol. The summed E-state index contributed by atoms with van der Waals surface area (Å²) in [6, 6.07) is 0.593. The van der Waals surface area contributed by atoms with Crippen molar-refractivity contribution in [2.45, 2.75) is 59.4 Å². The molecular weight excluding hydrogens is 214 g/mol. The van der Waals surface area contributed by atoms with Gasteiger partial charge < -0.3 is 10.0 Å².